The first-order valence-electron chi connectivity index (χ1n) is 10.2. The Morgan fingerprint density at radius 3 is 2.67 bits per heavy atom. The summed E-state index contributed by atoms with van der Waals surface area (Å²) in [5, 5.41) is 8.52. The van der Waals surface area contributed by atoms with Crippen LogP contribution in [0.3, 0.4) is 0 Å². The molecule has 1 atom stereocenters. The lowest BCUT2D eigenvalue weighted by molar-refractivity contribution is -0.121. The van der Waals surface area contributed by atoms with Gasteiger partial charge in [-0.1, -0.05) is 18.2 Å². The van der Waals surface area contributed by atoms with Crippen LogP contribution >= 0.6 is 11.3 Å². The number of fused-ring (bicyclic) bond motifs is 1. The number of ether oxygens (including phenoxy) is 1. The summed E-state index contributed by atoms with van der Waals surface area (Å²) in [6, 6.07) is 18.5. The van der Waals surface area contributed by atoms with Crippen molar-refractivity contribution in [2.24, 2.45) is 0 Å². The zero-order chi connectivity index (χ0) is 20.9. The zero-order valence-electron chi connectivity index (χ0n) is 17.3. The number of aryl methyl sites for hydroxylation is 1. The molecule has 0 radical (unpaired) electrons. The highest BCUT2D eigenvalue weighted by Crippen LogP contribution is 2.32. The van der Waals surface area contributed by atoms with Crippen molar-refractivity contribution in [3.8, 4) is 17.0 Å². The molecule has 30 heavy (non-hydrogen) atoms. The fraction of sp³-hybridized carbons (Fsp3) is 0.240. The summed E-state index contributed by atoms with van der Waals surface area (Å²) >= 11 is 1.69. The molecule has 0 aliphatic rings. The van der Waals surface area contributed by atoms with Crippen LogP contribution in [0.25, 0.3) is 22.2 Å². The van der Waals surface area contributed by atoms with E-state index in [9.17, 15) is 4.79 Å². The average Bonchev–Trinajstić information content (AvgIpc) is 3.39. The number of hydrogen-bond donors (Lipinski definition) is 2. The maximum atomic E-state index is 12.6. The molecule has 154 valence electrons. The van der Waals surface area contributed by atoms with E-state index in [2.05, 4.69) is 58.3 Å². The van der Waals surface area contributed by atoms with E-state index in [-0.39, 0.29) is 11.9 Å². The second-order valence-corrected chi connectivity index (χ2v) is 8.34. The Morgan fingerprint density at radius 1 is 1.13 bits per heavy atom. The fourth-order valence-corrected chi connectivity index (χ4v) is 4.54. The van der Waals surface area contributed by atoms with Gasteiger partial charge in [0.15, 0.2) is 0 Å². The van der Waals surface area contributed by atoms with Crippen molar-refractivity contribution < 1.29 is 9.53 Å². The van der Waals surface area contributed by atoms with Gasteiger partial charge in [-0.05, 0) is 83.6 Å². The summed E-state index contributed by atoms with van der Waals surface area (Å²) in [5.41, 5.74) is 5.69. The van der Waals surface area contributed by atoms with Crippen LogP contribution in [0.2, 0.25) is 0 Å². The molecule has 0 aliphatic heterocycles. The maximum Gasteiger partial charge on any atom is 0.220 e. The molecular formula is C25H26N2O2S. The minimum absolute atomic E-state index is 0.0868. The third kappa shape index (κ3) is 4.57. The second kappa shape index (κ2) is 9.18. The van der Waals surface area contributed by atoms with Crippen molar-refractivity contribution in [1.82, 2.24) is 10.3 Å². The molecular weight excluding hydrogens is 392 g/mol. The summed E-state index contributed by atoms with van der Waals surface area (Å²) in [6.45, 7) is 2.06. The normalized spacial score (nSPS) is 12.1. The molecule has 4 nitrogen and oxygen atoms in total. The molecule has 4 aromatic rings. The van der Waals surface area contributed by atoms with E-state index in [1.54, 1.807) is 18.4 Å². The van der Waals surface area contributed by atoms with E-state index >= 15 is 0 Å². The van der Waals surface area contributed by atoms with Gasteiger partial charge in [0.05, 0.1) is 7.11 Å². The van der Waals surface area contributed by atoms with Crippen molar-refractivity contribution in [3.63, 3.8) is 0 Å². The number of aromatic amines is 1. The smallest absolute Gasteiger partial charge is 0.220 e. The first kappa shape index (κ1) is 20.2. The molecule has 2 N–H and O–H groups in total. The van der Waals surface area contributed by atoms with Gasteiger partial charge in [-0.15, -0.1) is 0 Å². The summed E-state index contributed by atoms with van der Waals surface area (Å²) in [7, 11) is 1.67. The number of nitrogens with one attached hydrogen (secondary N) is 2. The zero-order valence-corrected chi connectivity index (χ0v) is 18.1. The highest BCUT2D eigenvalue weighted by molar-refractivity contribution is 7.07. The molecule has 2 aromatic heterocycles. The van der Waals surface area contributed by atoms with E-state index in [0.29, 0.717) is 12.8 Å². The number of H-pyrrole nitrogens is 1. The molecule has 0 saturated carbocycles. The first-order chi connectivity index (χ1) is 14.6. The number of carbonyl (C=O) groups excluding carboxylic acids is 1. The molecule has 1 unspecified atom stereocenters. The number of benzene rings is 2. The monoisotopic (exact) mass is 418 g/mol. The van der Waals surface area contributed by atoms with Crippen molar-refractivity contribution in [3.05, 3.63) is 76.5 Å². The van der Waals surface area contributed by atoms with E-state index in [1.807, 2.05) is 24.3 Å². The van der Waals surface area contributed by atoms with E-state index in [0.717, 1.165) is 28.9 Å². The summed E-state index contributed by atoms with van der Waals surface area (Å²) in [6.07, 6.45) is 2.00. The SMILES string of the molecule is COc1ccc(-c2[nH]c3ccccc3c2CCC(=O)NC(C)Cc2ccsc2)cc1. The number of rotatable bonds is 8. The standard InChI is InChI=1S/C25H26N2O2S/c1-17(15-18-13-14-30-16-18)26-24(28)12-11-22-21-5-3-4-6-23(21)27-25(22)19-7-9-20(29-2)10-8-19/h3-10,13-14,16-17,27H,11-12,15H2,1-2H3,(H,26,28). The van der Waals surface area contributed by atoms with Gasteiger partial charge in [-0.25, -0.2) is 0 Å². The number of carbonyl (C=O) groups is 1. The van der Waals surface area contributed by atoms with Gasteiger partial charge in [-0.3, -0.25) is 4.79 Å². The lowest BCUT2D eigenvalue weighted by Gasteiger charge is -2.13. The summed E-state index contributed by atoms with van der Waals surface area (Å²) < 4.78 is 5.29. The molecule has 1 amide bonds. The van der Waals surface area contributed by atoms with Crippen LogP contribution in [0.4, 0.5) is 0 Å². The van der Waals surface area contributed by atoms with Crippen molar-refractivity contribution in [2.75, 3.05) is 7.11 Å². The first-order valence-corrected chi connectivity index (χ1v) is 11.1. The molecule has 4 rings (SSSR count). The maximum absolute atomic E-state index is 12.6. The lowest BCUT2D eigenvalue weighted by Crippen LogP contribution is -2.34. The van der Waals surface area contributed by atoms with Crippen LogP contribution in [0.15, 0.2) is 65.4 Å². The Morgan fingerprint density at radius 2 is 1.93 bits per heavy atom. The Kier molecular flexibility index (Phi) is 6.19. The number of amides is 1. The van der Waals surface area contributed by atoms with Crippen molar-refractivity contribution in [1.29, 1.82) is 0 Å². The molecule has 2 aromatic carbocycles. The predicted octanol–water partition coefficient (Wildman–Crippen LogP) is 5.59. The number of aromatic nitrogens is 1. The van der Waals surface area contributed by atoms with Crippen LogP contribution in [-0.4, -0.2) is 24.0 Å². The summed E-state index contributed by atoms with van der Waals surface area (Å²) in [4.78, 5) is 16.2. The predicted molar refractivity (Wildman–Crippen MR) is 124 cm³/mol. The molecule has 0 spiro atoms. The highest BCUT2D eigenvalue weighted by Gasteiger charge is 2.15. The Balaban J connectivity index is 1.50. The van der Waals surface area contributed by atoms with Crippen molar-refractivity contribution >= 4 is 28.1 Å². The third-order valence-electron chi connectivity index (χ3n) is 5.32. The number of methoxy groups -OCH3 is 1. The van der Waals surface area contributed by atoms with Crippen LogP contribution in [0, 0.1) is 0 Å². The number of hydrogen-bond acceptors (Lipinski definition) is 3. The Hall–Kier alpha value is -3.05. The van der Waals surface area contributed by atoms with Gasteiger partial charge in [0, 0.05) is 29.1 Å². The van der Waals surface area contributed by atoms with E-state index in [1.165, 1.54) is 16.5 Å². The molecule has 0 fully saturated rings. The van der Waals surface area contributed by atoms with E-state index in [4.69, 9.17) is 4.74 Å². The number of thiophene rings is 1. The van der Waals surface area contributed by atoms with Gasteiger partial charge < -0.3 is 15.0 Å². The van der Waals surface area contributed by atoms with Crippen LogP contribution in [0.5, 0.6) is 5.75 Å². The van der Waals surface area contributed by atoms with Crippen LogP contribution < -0.4 is 10.1 Å². The second-order valence-electron chi connectivity index (χ2n) is 7.56. The topological polar surface area (TPSA) is 54.1 Å². The largest absolute Gasteiger partial charge is 0.497 e. The Labute approximate surface area is 180 Å². The molecule has 0 aliphatic carbocycles. The van der Waals surface area contributed by atoms with E-state index < -0.39 is 0 Å². The highest BCUT2D eigenvalue weighted by atomic mass is 32.1. The Bertz CT molecular complexity index is 1110. The molecule has 0 bridgehead atoms. The summed E-state index contributed by atoms with van der Waals surface area (Å²) in [5.74, 6) is 0.916. The van der Waals surface area contributed by atoms with Gasteiger partial charge in [0.25, 0.3) is 0 Å². The third-order valence-corrected chi connectivity index (χ3v) is 6.06. The minimum atomic E-state index is 0.0868. The quantitative estimate of drug-likeness (QED) is 0.392. The minimum Gasteiger partial charge on any atom is -0.497 e. The molecule has 5 heteroatoms. The fourth-order valence-electron chi connectivity index (χ4n) is 3.86. The number of para-hydroxylation sites is 1. The average molecular weight is 419 g/mol. The van der Waals surface area contributed by atoms with Crippen LogP contribution in [0.1, 0.15) is 24.5 Å². The van der Waals surface area contributed by atoms with Gasteiger partial charge in [-0.2, -0.15) is 11.3 Å². The van der Waals surface area contributed by atoms with Crippen molar-refractivity contribution in [2.45, 2.75) is 32.2 Å². The molecule has 0 saturated heterocycles. The van der Waals surface area contributed by atoms with Gasteiger partial charge in [0.2, 0.25) is 5.91 Å². The van der Waals surface area contributed by atoms with Gasteiger partial charge >= 0.3 is 0 Å². The van der Waals surface area contributed by atoms with Crippen LogP contribution in [-0.2, 0) is 17.6 Å². The van der Waals surface area contributed by atoms with Gasteiger partial charge in [0.1, 0.15) is 5.75 Å². The molecule has 2 heterocycles. The lowest BCUT2D eigenvalue weighted by atomic mass is 10.0.